The van der Waals surface area contributed by atoms with E-state index in [2.05, 4.69) is 15.9 Å². The van der Waals surface area contributed by atoms with Crippen molar-refractivity contribution in [2.24, 2.45) is 5.73 Å². The summed E-state index contributed by atoms with van der Waals surface area (Å²) in [4.78, 5) is 0.927. The molecule has 0 amide bonds. The summed E-state index contributed by atoms with van der Waals surface area (Å²) in [6.45, 7) is 2.05. The molecule has 0 heterocycles. The minimum Gasteiger partial charge on any atom is -0.455 e. The molecule has 0 aliphatic carbocycles. The van der Waals surface area contributed by atoms with Crippen molar-refractivity contribution in [2.75, 3.05) is 5.75 Å². The summed E-state index contributed by atoms with van der Waals surface area (Å²) < 4.78 is 6.73. The third-order valence-electron chi connectivity index (χ3n) is 2.67. The van der Waals surface area contributed by atoms with Crippen molar-refractivity contribution in [1.29, 1.82) is 5.41 Å². The lowest BCUT2D eigenvalue weighted by molar-refractivity contribution is 0.480. The van der Waals surface area contributed by atoms with E-state index in [1.807, 2.05) is 25.1 Å². The molecule has 6 heteroatoms. The van der Waals surface area contributed by atoms with E-state index in [4.69, 9.17) is 27.5 Å². The van der Waals surface area contributed by atoms with Crippen LogP contribution in [0.2, 0.25) is 5.02 Å². The maximum absolute atomic E-state index is 7.79. The molecule has 2 aromatic rings. The Morgan fingerprint density at radius 1 is 1.33 bits per heavy atom. The number of nitrogens with two attached hydrogens (primary N) is 1. The number of rotatable bonds is 5. The number of nitrogen functional groups attached to an aromatic ring is 1. The smallest absolute Gasteiger partial charge is 0.146 e. The first-order valence-electron chi connectivity index (χ1n) is 6.26. The lowest BCUT2D eigenvalue weighted by atomic mass is 10.2. The molecule has 3 N–H and O–H groups in total. The summed E-state index contributed by atoms with van der Waals surface area (Å²) in [5, 5.41) is 8.29. The maximum Gasteiger partial charge on any atom is 0.146 e. The van der Waals surface area contributed by atoms with Crippen LogP contribution in [0.25, 0.3) is 0 Å². The highest BCUT2D eigenvalue weighted by Gasteiger charge is 2.14. The molecule has 0 bridgehead atoms. The zero-order chi connectivity index (χ0) is 15.4. The van der Waals surface area contributed by atoms with Crippen LogP contribution in [0.1, 0.15) is 12.5 Å². The lowest BCUT2D eigenvalue weighted by Crippen LogP contribution is -2.13. The third-order valence-corrected chi connectivity index (χ3v) is 4.40. The van der Waals surface area contributed by atoms with Gasteiger partial charge in [0.15, 0.2) is 0 Å². The van der Waals surface area contributed by atoms with E-state index in [-0.39, 0.29) is 5.84 Å². The van der Waals surface area contributed by atoms with Gasteiger partial charge in [-0.15, -0.1) is 11.8 Å². The van der Waals surface area contributed by atoms with Gasteiger partial charge in [0.2, 0.25) is 0 Å². The molecular formula is C15H14BrClN2OS. The summed E-state index contributed by atoms with van der Waals surface area (Å²) in [7, 11) is 0. The van der Waals surface area contributed by atoms with Crippen molar-refractivity contribution in [3.63, 3.8) is 0 Å². The largest absolute Gasteiger partial charge is 0.455 e. The Morgan fingerprint density at radius 3 is 2.71 bits per heavy atom. The highest BCUT2D eigenvalue weighted by molar-refractivity contribution is 9.10. The number of hydrogen-bond donors (Lipinski definition) is 2. The predicted octanol–water partition coefficient (Wildman–Crippen LogP) is 5.29. The molecule has 0 aliphatic rings. The fraction of sp³-hybridized carbons (Fsp3) is 0.133. The molecule has 0 aromatic heterocycles. The number of thioether (sulfide) groups is 1. The molecule has 2 rings (SSSR count). The Labute approximate surface area is 141 Å². The molecule has 110 valence electrons. The van der Waals surface area contributed by atoms with Gasteiger partial charge in [-0.1, -0.05) is 40.5 Å². The second-order valence-electron chi connectivity index (χ2n) is 4.15. The van der Waals surface area contributed by atoms with Crippen LogP contribution in [0.3, 0.4) is 0 Å². The van der Waals surface area contributed by atoms with Crippen molar-refractivity contribution in [3.05, 3.63) is 51.5 Å². The maximum atomic E-state index is 7.79. The van der Waals surface area contributed by atoms with Crippen LogP contribution in [0.5, 0.6) is 11.5 Å². The fourth-order valence-corrected chi connectivity index (χ4v) is 3.37. The quantitative estimate of drug-likeness (QED) is 0.417. The third kappa shape index (κ3) is 3.93. The zero-order valence-electron chi connectivity index (χ0n) is 11.3. The van der Waals surface area contributed by atoms with E-state index in [1.165, 1.54) is 0 Å². The number of hydrogen-bond acceptors (Lipinski definition) is 3. The van der Waals surface area contributed by atoms with E-state index < -0.39 is 0 Å². The zero-order valence-corrected chi connectivity index (χ0v) is 14.5. The van der Waals surface area contributed by atoms with Crippen molar-refractivity contribution >= 4 is 45.1 Å². The first kappa shape index (κ1) is 16.2. The highest BCUT2D eigenvalue weighted by atomic mass is 79.9. The number of ether oxygens (including phenoxy) is 1. The Morgan fingerprint density at radius 2 is 2.10 bits per heavy atom. The van der Waals surface area contributed by atoms with Gasteiger partial charge in [-0.3, -0.25) is 5.41 Å². The summed E-state index contributed by atoms with van der Waals surface area (Å²) in [5.74, 6) is 1.93. The normalized spacial score (nSPS) is 10.4. The second-order valence-corrected chi connectivity index (χ2v) is 6.78. The van der Waals surface area contributed by atoms with Crippen molar-refractivity contribution in [3.8, 4) is 11.5 Å². The number of benzene rings is 2. The van der Waals surface area contributed by atoms with Gasteiger partial charge < -0.3 is 10.5 Å². The van der Waals surface area contributed by atoms with Crippen LogP contribution < -0.4 is 10.5 Å². The summed E-state index contributed by atoms with van der Waals surface area (Å²) in [6, 6.07) is 11.0. The molecule has 0 saturated heterocycles. The summed E-state index contributed by atoms with van der Waals surface area (Å²) >= 11 is 11.1. The Bertz CT molecular complexity index is 679. The Hall–Kier alpha value is -1.17. The van der Waals surface area contributed by atoms with E-state index in [9.17, 15) is 0 Å². The standard InChI is InChI=1S/C15H14BrClN2OS/c1-2-21-13-5-3-4-12(14(13)15(18)19)20-11-7-6-9(16)8-10(11)17/h3-8H,2H2,1H3,(H3,18,19). The van der Waals surface area contributed by atoms with Gasteiger partial charge in [-0.2, -0.15) is 0 Å². The van der Waals surface area contributed by atoms with Crippen LogP contribution in [0.15, 0.2) is 45.8 Å². The fourth-order valence-electron chi connectivity index (χ4n) is 1.81. The molecule has 2 aromatic carbocycles. The van der Waals surface area contributed by atoms with Gasteiger partial charge in [0.1, 0.15) is 17.3 Å². The van der Waals surface area contributed by atoms with Crippen LogP contribution in [0, 0.1) is 5.41 Å². The average Bonchev–Trinajstić information content (AvgIpc) is 2.42. The Kier molecular flexibility index (Phi) is 5.56. The molecule has 0 atom stereocenters. The number of halogens is 2. The van der Waals surface area contributed by atoms with Crippen LogP contribution in [-0.2, 0) is 0 Å². The van der Waals surface area contributed by atoms with Crippen molar-refractivity contribution in [1.82, 2.24) is 0 Å². The SMILES string of the molecule is CCSc1cccc(Oc2ccc(Br)cc2Cl)c1C(=N)N. The van der Waals surface area contributed by atoms with Crippen LogP contribution in [0.4, 0.5) is 0 Å². The van der Waals surface area contributed by atoms with Gasteiger partial charge in [0.25, 0.3) is 0 Å². The van der Waals surface area contributed by atoms with Gasteiger partial charge in [-0.25, -0.2) is 0 Å². The topological polar surface area (TPSA) is 59.1 Å². The van der Waals surface area contributed by atoms with Gasteiger partial charge in [0.05, 0.1) is 10.6 Å². The molecule has 0 fully saturated rings. The average molecular weight is 386 g/mol. The van der Waals surface area contributed by atoms with E-state index in [0.29, 0.717) is 22.1 Å². The minimum atomic E-state index is -0.0187. The molecule has 0 saturated carbocycles. The molecule has 3 nitrogen and oxygen atoms in total. The molecule has 0 aliphatic heterocycles. The van der Waals surface area contributed by atoms with Gasteiger partial charge in [0, 0.05) is 9.37 Å². The summed E-state index contributed by atoms with van der Waals surface area (Å²) in [5.41, 5.74) is 6.31. The molecule has 0 unspecified atom stereocenters. The molecule has 0 spiro atoms. The van der Waals surface area contributed by atoms with E-state index in [1.54, 1.807) is 30.0 Å². The van der Waals surface area contributed by atoms with Crippen LogP contribution in [-0.4, -0.2) is 11.6 Å². The van der Waals surface area contributed by atoms with Gasteiger partial charge >= 0.3 is 0 Å². The first-order chi connectivity index (χ1) is 10.0. The monoisotopic (exact) mass is 384 g/mol. The second kappa shape index (κ2) is 7.20. The first-order valence-corrected chi connectivity index (χ1v) is 8.41. The number of nitrogens with one attached hydrogen (secondary N) is 1. The molecule has 21 heavy (non-hydrogen) atoms. The molecular weight excluding hydrogens is 372 g/mol. The lowest BCUT2D eigenvalue weighted by Gasteiger charge is -2.14. The van der Waals surface area contributed by atoms with Gasteiger partial charge in [-0.05, 0) is 36.1 Å². The predicted molar refractivity (Wildman–Crippen MR) is 93.1 cm³/mol. The Balaban J connectivity index is 2.43. The van der Waals surface area contributed by atoms with Crippen molar-refractivity contribution in [2.45, 2.75) is 11.8 Å². The number of amidine groups is 1. The minimum absolute atomic E-state index is 0.0187. The highest BCUT2D eigenvalue weighted by Crippen LogP contribution is 2.36. The van der Waals surface area contributed by atoms with Crippen molar-refractivity contribution < 1.29 is 4.74 Å². The molecule has 0 radical (unpaired) electrons. The van der Waals surface area contributed by atoms with E-state index in [0.717, 1.165) is 15.1 Å². The summed E-state index contributed by atoms with van der Waals surface area (Å²) in [6.07, 6.45) is 0. The van der Waals surface area contributed by atoms with E-state index >= 15 is 0 Å². The van der Waals surface area contributed by atoms with Crippen LogP contribution >= 0.6 is 39.3 Å².